The van der Waals surface area contributed by atoms with Crippen molar-refractivity contribution in [3.8, 4) is 0 Å². The summed E-state index contributed by atoms with van der Waals surface area (Å²) < 4.78 is 25.3. The molecule has 2 N–H and O–H groups in total. The van der Waals surface area contributed by atoms with E-state index in [2.05, 4.69) is 0 Å². The summed E-state index contributed by atoms with van der Waals surface area (Å²) in [6.07, 6.45) is 0. The summed E-state index contributed by atoms with van der Waals surface area (Å²) in [6.45, 7) is 1.92. The number of nitrogens with two attached hydrogens (primary N) is 1. The van der Waals surface area contributed by atoms with Gasteiger partial charge in [0.05, 0.1) is 10.1 Å². The Bertz CT molecular complexity index is 771. The molecule has 0 amide bonds. The molecular formula is C16H16ClNO2S. The lowest BCUT2D eigenvalue weighted by Gasteiger charge is -2.05. The first-order chi connectivity index (χ1) is 9.91. The maximum atomic E-state index is 12.7. The normalized spacial score (nSPS) is 24.8. The van der Waals surface area contributed by atoms with Crippen LogP contribution in [-0.2, 0) is 9.84 Å². The number of aryl methyl sites for hydroxylation is 1. The molecule has 1 aliphatic rings. The van der Waals surface area contributed by atoms with E-state index >= 15 is 0 Å². The summed E-state index contributed by atoms with van der Waals surface area (Å²) in [5, 5.41) is 0.0248. The first-order valence-corrected chi connectivity index (χ1v) is 8.65. The fraction of sp³-hybridized carbons (Fsp3) is 0.250. The fourth-order valence-electron chi connectivity index (χ4n) is 2.72. The molecule has 1 fully saturated rings. The summed E-state index contributed by atoms with van der Waals surface area (Å²) in [4.78, 5) is 0.332. The van der Waals surface area contributed by atoms with Gasteiger partial charge in [-0.15, -0.1) is 0 Å². The smallest absolute Gasteiger partial charge is 0.183 e. The molecule has 0 unspecified atom stereocenters. The highest BCUT2D eigenvalue weighted by atomic mass is 35.5. The predicted molar refractivity (Wildman–Crippen MR) is 84.3 cm³/mol. The van der Waals surface area contributed by atoms with Crippen LogP contribution in [0, 0.1) is 6.92 Å². The SMILES string of the molecule is Cc1ccc(S(=O)(=O)[C@@H]2[C@@H](N)[C@H]2c2cccc(Cl)c2)cc1. The summed E-state index contributed by atoms with van der Waals surface area (Å²) in [7, 11) is -3.41. The Kier molecular flexibility index (Phi) is 3.56. The van der Waals surface area contributed by atoms with Crippen LogP contribution in [0.3, 0.4) is 0 Å². The van der Waals surface area contributed by atoms with Gasteiger partial charge in [0, 0.05) is 17.0 Å². The molecule has 5 heteroatoms. The molecule has 1 aliphatic carbocycles. The minimum Gasteiger partial charge on any atom is -0.326 e. The van der Waals surface area contributed by atoms with Gasteiger partial charge in [0.15, 0.2) is 9.84 Å². The maximum Gasteiger partial charge on any atom is 0.183 e. The van der Waals surface area contributed by atoms with Crippen LogP contribution in [0.1, 0.15) is 17.0 Å². The van der Waals surface area contributed by atoms with Gasteiger partial charge in [-0.05, 0) is 36.8 Å². The third kappa shape index (κ3) is 2.59. The Balaban J connectivity index is 1.93. The van der Waals surface area contributed by atoms with Gasteiger partial charge < -0.3 is 5.73 Å². The molecule has 2 aromatic rings. The van der Waals surface area contributed by atoms with Crippen LogP contribution in [0.2, 0.25) is 5.02 Å². The first-order valence-electron chi connectivity index (χ1n) is 6.73. The van der Waals surface area contributed by atoms with E-state index in [0.717, 1.165) is 11.1 Å². The van der Waals surface area contributed by atoms with E-state index in [1.54, 1.807) is 36.4 Å². The third-order valence-electron chi connectivity index (χ3n) is 3.95. The zero-order valence-electron chi connectivity index (χ0n) is 11.5. The number of sulfone groups is 1. The standard InChI is InChI=1S/C16H16ClNO2S/c1-10-5-7-13(8-6-10)21(19,20)16-14(15(16)18)11-3-2-4-12(17)9-11/h2-9,14-16H,18H2,1H3/t14-,15+,16+/m1/s1. The minimum absolute atomic E-state index is 0.185. The molecule has 3 nitrogen and oxygen atoms in total. The quantitative estimate of drug-likeness (QED) is 0.945. The molecule has 0 bridgehead atoms. The molecular weight excluding hydrogens is 306 g/mol. The molecule has 21 heavy (non-hydrogen) atoms. The number of halogens is 1. The second-order valence-corrected chi connectivity index (χ2v) is 8.02. The molecule has 1 saturated carbocycles. The average molecular weight is 322 g/mol. The largest absolute Gasteiger partial charge is 0.326 e. The second kappa shape index (κ2) is 5.13. The number of hydrogen-bond donors (Lipinski definition) is 1. The lowest BCUT2D eigenvalue weighted by molar-refractivity contribution is 0.593. The first kappa shape index (κ1) is 14.6. The van der Waals surface area contributed by atoms with Gasteiger partial charge in [0.25, 0.3) is 0 Å². The van der Waals surface area contributed by atoms with Gasteiger partial charge in [-0.1, -0.05) is 41.4 Å². The molecule has 0 aromatic heterocycles. The summed E-state index contributed by atoms with van der Waals surface area (Å²) in [6, 6.07) is 13.8. The monoisotopic (exact) mass is 321 g/mol. The van der Waals surface area contributed by atoms with Crippen molar-refractivity contribution in [3.05, 3.63) is 64.7 Å². The van der Waals surface area contributed by atoms with E-state index in [1.165, 1.54) is 0 Å². The molecule has 3 rings (SSSR count). The van der Waals surface area contributed by atoms with Crippen LogP contribution in [0.5, 0.6) is 0 Å². The van der Waals surface area contributed by atoms with Gasteiger partial charge in [0.1, 0.15) is 0 Å². The van der Waals surface area contributed by atoms with Crippen LogP contribution in [0.4, 0.5) is 0 Å². The molecule has 0 radical (unpaired) electrons. The Hall–Kier alpha value is -1.36. The lowest BCUT2D eigenvalue weighted by Crippen LogP contribution is -2.15. The van der Waals surface area contributed by atoms with Gasteiger partial charge in [0.2, 0.25) is 0 Å². The summed E-state index contributed by atoms with van der Waals surface area (Å²) in [5.74, 6) is -0.185. The van der Waals surface area contributed by atoms with Crippen LogP contribution >= 0.6 is 11.6 Å². The highest BCUT2D eigenvalue weighted by Gasteiger charge is 2.57. The average Bonchev–Trinajstić information content (AvgIpc) is 3.12. The number of rotatable bonds is 3. The molecule has 110 valence electrons. The van der Waals surface area contributed by atoms with Gasteiger partial charge in [-0.3, -0.25) is 0 Å². The second-order valence-electron chi connectivity index (χ2n) is 5.48. The van der Waals surface area contributed by atoms with Crippen molar-refractivity contribution < 1.29 is 8.42 Å². The number of hydrogen-bond acceptors (Lipinski definition) is 3. The third-order valence-corrected chi connectivity index (χ3v) is 6.44. The van der Waals surface area contributed by atoms with Crippen LogP contribution in [-0.4, -0.2) is 19.7 Å². The molecule has 2 aromatic carbocycles. The van der Waals surface area contributed by atoms with E-state index < -0.39 is 15.1 Å². The van der Waals surface area contributed by atoms with Crippen molar-refractivity contribution in [2.24, 2.45) is 5.73 Å². The highest BCUT2D eigenvalue weighted by molar-refractivity contribution is 7.92. The van der Waals surface area contributed by atoms with E-state index in [-0.39, 0.29) is 12.0 Å². The van der Waals surface area contributed by atoms with Gasteiger partial charge in [-0.25, -0.2) is 8.42 Å². The summed E-state index contributed by atoms with van der Waals surface area (Å²) >= 11 is 5.97. The molecule has 0 spiro atoms. The van der Waals surface area contributed by atoms with E-state index in [9.17, 15) is 8.42 Å². The van der Waals surface area contributed by atoms with E-state index in [1.807, 2.05) is 19.1 Å². The van der Waals surface area contributed by atoms with Crippen molar-refractivity contribution in [2.45, 2.75) is 29.0 Å². The Morgan fingerprint density at radius 1 is 1.10 bits per heavy atom. The fourth-order valence-corrected chi connectivity index (χ4v) is 4.96. The Morgan fingerprint density at radius 2 is 1.76 bits per heavy atom. The van der Waals surface area contributed by atoms with E-state index in [4.69, 9.17) is 17.3 Å². The van der Waals surface area contributed by atoms with Crippen LogP contribution < -0.4 is 5.73 Å². The highest BCUT2D eigenvalue weighted by Crippen LogP contribution is 2.47. The molecule has 0 aliphatic heterocycles. The van der Waals surface area contributed by atoms with Crippen molar-refractivity contribution >= 4 is 21.4 Å². The Morgan fingerprint density at radius 3 is 2.38 bits per heavy atom. The zero-order valence-corrected chi connectivity index (χ0v) is 13.1. The predicted octanol–water partition coefficient (Wildman–Crippen LogP) is 2.92. The molecule has 0 heterocycles. The van der Waals surface area contributed by atoms with E-state index in [0.29, 0.717) is 9.92 Å². The topological polar surface area (TPSA) is 60.2 Å². The van der Waals surface area contributed by atoms with Crippen LogP contribution in [0.15, 0.2) is 53.4 Å². The number of benzene rings is 2. The maximum absolute atomic E-state index is 12.7. The van der Waals surface area contributed by atoms with Crippen molar-refractivity contribution in [1.29, 1.82) is 0 Å². The van der Waals surface area contributed by atoms with Gasteiger partial charge in [-0.2, -0.15) is 0 Å². The van der Waals surface area contributed by atoms with Crippen molar-refractivity contribution in [1.82, 2.24) is 0 Å². The Labute approximate surface area is 129 Å². The van der Waals surface area contributed by atoms with Crippen molar-refractivity contribution in [2.75, 3.05) is 0 Å². The van der Waals surface area contributed by atoms with Crippen LogP contribution in [0.25, 0.3) is 0 Å². The zero-order chi connectivity index (χ0) is 15.2. The molecule has 0 saturated heterocycles. The lowest BCUT2D eigenvalue weighted by atomic mass is 10.1. The van der Waals surface area contributed by atoms with Gasteiger partial charge >= 0.3 is 0 Å². The molecule has 3 atom stereocenters. The summed E-state index contributed by atoms with van der Waals surface area (Å²) in [5.41, 5.74) is 7.94. The minimum atomic E-state index is -3.41. The van der Waals surface area contributed by atoms with Crippen molar-refractivity contribution in [3.63, 3.8) is 0 Å².